The van der Waals surface area contributed by atoms with E-state index >= 15 is 0 Å². The zero-order valence-corrected chi connectivity index (χ0v) is 15.3. The Morgan fingerprint density at radius 2 is 1.70 bits per heavy atom. The summed E-state index contributed by atoms with van der Waals surface area (Å²) < 4.78 is 28.3. The molecule has 0 spiro atoms. The van der Waals surface area contributed by atoms with Crippen LogP contribution in [0.4, 0.5) is 0 Å². The summed E-state index contributed by atoms with van der Waals surface area (Å²) in [6, 6.07) is 7.80. The number of sulfone groups is 1. The lowest BCUT2D eigenvalue weighted by atomic mass is 10.1. The monoisotopic (exact) mass is 341 g/mol. The van der Waals surface area contributed by atoms with Crippen LogP contribution in [0.25, 0.3) is 0 Å². The maximum Gasteiger partial charge on any atom is 0.238 e. The second-order valence-electron chi connectivity index (χ2n) is 6.23. The van der Waals surface area contributed by atoms with Gasteiger partial charge in [-0.15, -0.1) is 0 Å². The van der Waals surface area contributed by atoms with E-state index in [0.29, 0.717) is 0 Å². The molecule has 0 fully saturated rings. The minimum atomic E-state index is -3.36. The number of nitrogens with one attached hydrogen (secondary N) is 1. The Kier molecular flexibility index (Phi) is 7.06. The molecule has 0 radical (unpaired) electrons. The number of amides is 1. The van der Waals surface area contributed by atoms with Crippen molar-refractivity contribution < 1.29 is 17.9 Å². The summed E-state index contributed by atoms with van der Waals surface area (Å²) in [5.74, 6) is 0.396. The fourth-order valence-electron chi connectivity index (χ4n) is 2.02. The normalized spacial score (nSPS) is 14.3. The zero-order valence-electron chi connectivity index (χ0n) is 14.5. The highest BCUT2D eigenvalue weighted by atomic mass is 32.2. The van der Waals surface area contributed by atoms with Gasteiger partial charge in [-0.05, 0) is 58.2 Å². The number of carbonyl (C=O) groups excluding carboxylic acids is 1. The number of carbonyl (C=O) groups is 1. The maximum absolute atomic E-state index is 11.9. The molecule has 0 saturated heterocycles. The molecule has 0 aliphatic carbocycles. The topological polar surface area (TPSA) is 72.5 Å². The van der Waals surface area contributed by atoms with Crippen molar-refractivity contribution in [2.45, 2.75) is 57.9 Å². The van der Waals surface area contributed by atoms with Crippen LogP contribution in [0.1, 0.15) is 39.7 Å². The van der Waals surface area contributed by atoms with E-state index in [9.17, 15) is 13.2 Å². The van der Waals surface area contributed by atoms with E-state index in [2.05, 4.69) is 5.32 Å². The molecule has 0 heterocycles. The van der Waals surface area contributed by atoms with E-state index in [-0.39, 0.29) is 12.1 Å². The van der Waals surface area contributed by atoms with Gasteiger partial charge in [-0.1, -0.05) is 12.1 Å². The Balaban J connectivity index is 2.47. The van der Waals surface area contributed by atoms with Gasteiger partial charge in [0.05, 0.1) is 6.10 Å². The van der Waals surface area contributed by atoms with Gasteiger partial charge in [-0.3, -0.25) is 4.79 Å². The predicted molar refractivity (Wildman–Crippen MR) is 92.4 cm³/mol. The lowest BCUT2D eigenvalue weighted by molar-refractivity contribution is -0.121. The van der Waals surface area contributed by atoms with Crippen molar-refractivity contribution in [1.29, 1.82) is 0 Å². The predicted octanol–water partition coefficient (Wildman–Crippen LogP) is 2.34. The van der Waals surface area contributed by atoms with Crippen molar-refractivity contribution in [3.8, 4) is 5.75 Å². The van der Waals surface area contributed by atoms with Crippen LogP contribution in [0.3, 0.4) is 0 Å². The van der Waals surface area contributed by atoms with Crippen LogP contribution < -0.4 is 10.1 Å². The maximum atomic E-state index is 11.9. The molecule has 0 aromatic heterocycles. The third-order valence-electron chi connectivity index (χ3n) is 3.56. The van der Waals surface area contributed by atoms with E-state index in [0.717, 1.165) is 30.4 Å². The summed E-state index contributed by atoms with van der Waals surface area (Å²) in [4.78, 5) is 11.9. The summed E-state index contributed by atoms with van der Waals surface area (Å²) in [6.45, 7) is 7.25. The number of benzene rings is 1. The standard InChI is InChI=1S/C17H27NO4S/c1-12(2)22-16-10-8-15(9-11-16)7-6-13(3)18-17(19)14(4)23(5,20)21/h8-14H,6-7H2,1-5H3,(H,18,19)/t13-,14-/m0/s1. The van der Waals surface area contributed by atoms with Crippen molar-refractivity contribution in [2.75, 3.05) is 6.26 Å². The molecule has 1 aromatic rings. The molecule has 0 aliphatic rings. The smallest absolute Gasteiger partial charge is 0.238 e. The summed E-state index contributed by atoms with van der Waals surface area (Å²) in [6.07, 6.45) is 2.76. The van der Waals surface area contributed by atoms with Crippen molar-refractivity contribution in [1.82, 2.24) is 5.32 Å². The zero-order chi connectivity index (χ0) is 17.6. The molecular weight excluding hydrogens is 314 g/mol. The third-order valence-corrected chi connectivity index (χ3v) is 5.06. The third kappa shape index (κ3) is 7.03. The van der Waals surface area contributed by atoms with Gasteiger partial charge in [0.1, 0.15) is 11.0 Å². The van der Waals surface area contributed by atoms with Crippen molar-refractivity contribution in [3.63, 3.8) is 0 Å². The number of aryl methyl sites for hydroxylation is 1. The highest BCUT2D eigenvalue weighted by Gasteiger charge is 2.24. The fraction of sp³-hybridized carbons (Fsp3) is 0.588. The van der Waals surface area contributed by atoms with Crippen LogP contribution in [0, 0.1) is 0 Å². The Morgan fingerprint density at radius 3 is 2.17 bits per heavy atom. The van der Waals surface area contributed by atoms with Crippen LogP contribution in [-0.4, -0.2) is 38.0 Å². The first kappa shape index (κ1) is 19.5. The second kappa shape index (κ2) is 8.34. The number of hydrogen-bond acceptors (Lipinski definition) is 4. The van der Waals surface area contributed by atoms with Crippen molar-refractivity contribution in [2.24, 2.45) is 0 Å². The van der Waals surface area contributed by atoms with Crippen LogP contribution in [0.2, 0.25) is 0 Å². The van der Waals surface area contributed by atoms with Crippen molar-refractivity contribution >= 4 is 15.7 Å². The highest BCUT2D eigenvalue weighted by molar-refractivity contribution is 7.92. The van der Waals surface area contributed by atoms with E-state index in [4.69, 9.17) is 4.74 Å². The molecule has 1 amide bonds. The molecule has 23 heavy (non-hydrogen) atoms. The van der Waals surface area contributed by atoms with Gasteiger partial charge in [0.2, 0.25) is 5.91 Å². The minimum absolute atomic E-state index is 0.0849. The number of ether oxygens (including phenoxy) is 1. The van der Waals surface area contributed by atoms with Gasteiger partial charge >= 0.3 is 0 Å². The molecule has 0 aliphatic heterocycles. The van der Waals surface area contributed by atoms with Gasteiger partial charge < -0.3 is 10.1 Å². The Hall–Kier alpha value is -1.56. The van der Waals surface area contributed by atoms with E-state index < -0.39 is 21.0 Å². The van der Waals surface area contributed by atoms with Gasteiger partial charge in [0.25, 0.3) is 0 Å². The van der Waals surface area contributed by atoms with E-state index in [1.807, 2.05) is 45.0 Å². The lowest BCUT2D eigenvalue weighted by Gasteiger charge is -2.17. The lowest BCUT2D eigenvalue weighted by Crippen LogP contribution is -2.42. The first-order chi connectivity index (χ1) is 10.6. The Labute approximate surface area is 139 Å². The average molecular weight is 341 g/mol. The Bertz CT molecular complexity index is 608. The molecule has 0 unspecified atom stereocenters. The first-order valence-electron chi connectivity index (χ1n) is 7.84. The summed E-state index contributed by atoms with van der Waals surface area (Å²) >= 11 is 0. The summed E-state index contributed by atoms with van der Waals surface area (Å²) in [7, 11) is -3.36. The molecule has 0 saturated carbocycles. The second-order valence-corrected chi connectivity index (χ2v) is 8.60. The van der Waals surface area contributed by atoms with E-state index in [1.165, 1.54) is 6.92 Å². The molecule has 2 atom stereocenters. The van der Waals surface area contributed by atoms with Gasteiger partial charge in [0, 0.05) is 12.3 Å². The van der Waals surface area contributed by atoms with Crippen LogP contribution in [0.15, 0.2) is 24.3 Å². The molecule has 0 bridgehead atoms. The minimum Gasteiger partial charge on any atom is -0.491 e. The fourth-order valence-corrected chi connectivity index (χ4v) is 2.47. The Morgan fingerprint density at radius 1 is 1.13 bits per heavy atom. The molecule has 5 nitrogen and oxygen atoms in total. The van der Waals surface area contributed by atoms with Crippen molar-refractivity contribution in [3.05, 3.63) is 29.8 Å². The van der Waals surface area contributed by atoms with Gasteiger partial charge in [0.15, 0.2) is 9.84 Å². The molecule has 1 rings (SSSR count). The molecule has 6 heteroatoms. The first-order valence-corrected chi connectivity index (χ1v) is 9.80. The largest absolute Gasteiger partial charge is 0.491 e. The number of hydrogen-bond donors (Lipinski definition) is 1. The molecule has 130 valence electrons. The van der Waals surface area contributed by atoms with Crippen LogP contribution >= 0.6 is 0 Å². The van der Waals surface area contributed by atoms with E-state index in [1.54, 1.807) is 0 Å². The summed E-state index contributed by atoms with van der Waals surface area (Å²) in [5.41, 5.74) is 1.15. The quantitative estimate of drug-likeness (QED) is 0.788. The SMILES string of the molecule is CC(C)Oc1ccc(CC[C@H](C)NC(=O)[C@H](C)S(C)(=O)=O)cc1. The molecule has 1 N–H and O–H groups in total. The highest BCUT2D eigenvalue weighted by Crippen LogP contribution is 2.15. The van der Waals surface area contributed by atoms with Gasteiger partial charge in [-0.25, -0.2) is 8.42 Å². The van der Waals surface area contributed by atoms with Crippen LogP contribution in [0.5, 0.6) is 5.75 Å². The molecular formula is C17H27NO4S. The summed E-state index contributed by atoms with van der Waals surface area (Å²) in [5, 5.41) is 1.73. The van der Waals surface area contributed by atoms with Crippen LogP contribution in [-0.2, 0) is 21.1 Å². The average Bonchev–Trinajstić information content (AvgIpc) is 2.44. The number of rotatable bonds is 8. The molecule has 1 aromatic carbocycles. The van der Waals surface area contributed by atoms with Gasteiger partial charge in [-0.2, -0.15) is 0 Å².